The van der Waals surface area contributed by atoms with Crippen LogP contribution >= 0.6 is 0 Å². The number of esters is 1. The minimum absolute atomic E-state index is 0.181. The van der Waals surface area contributed by atoms with E-state index in [1.807, 2.05) is 18.4 Å². The van der Waals surface area contributed by atoms with E-state index in [1.165, 1.54) is 4.57 Å². The van der Waals surface area contributed by atoms with E-state index in [4.69, 9.17) is 9.72 Å². The molecule has 1 aliphatic heterocycles. The zero-order chi connectivity index (χ0) is 22.4. The van der Waals surface area contributed by atoms with E-state index in [9.17, 15) is 14.4 Å². The van der Waals surface area contributed by atoms with Crippen molar-refractivity contribution in [3.05, 3.63) is 50.2 Å². The lowest BCUT2D eigenvalue weighted by atomic mass is 10.1. The summed E-state index contributed by atoms with van der Waals surface area (Å²) in [7, 11) is 1.56. The molecule has 9 heteroatoms. The lowest BCUT2D eigenvalue weighted by Crippen LogP contribution is -2.42. The van der Waals surface area contributed by atoms with Crippen LogP contribution in [0.15, 0.2) is 27.8 Å². The maximum Gasteiger partial charge on any atom is 0.333 e. The van der Waals surface area contributed by atoms with Gasteiger partial charge in [0.1, 0.15) is 6.54 Å². The molecule has 1 aromatic carbocycles. The molecule has 3 heterocycles. The number of ether oxygens (including phenoxy) is 1. The summed E-state index contributed by atoms with van der Waals surface area (Å²) in [5.74, 6) is 0.254. The summed E-state index contributed by atoms with van der Waals surface area (Å²) >= 11 is 0. The van der Waals surface area contributed by atoms with Gasteiger partial charge in [0.2, 0.25) is 5.95 Å². The van der Waals surface area contributed by atoms with Gasteiger partial charge in [-0.3, -0.25) is 14.2 Å². The molecule has 0 radical (unpaired) electrons. The summed E-state index contributed by atoms with van der Waals surface area (Å²) in [6.07, 6.45) is 0. The summed E-state index contributed by atoms with van der Waals surface area (Å²) in [6, 6.07) is 6.29. The zero-order valence-electron chi connectivity index (χ0n) is 18.5. The number of imidazole rings is 1. The number of hydrogen-bond acceptors (Lipinski definition) is 6. The van der Waals surface area contributed by atoms with Gasteiger partial charge in [-0.1, -0.05) is 13.0 Å². The summed E-state index contributed by atoms with van der Waals surface area (Å²) in [6.45, 7) is 8.99. The summed E-state index contributed by atoms with van der Waals surface area (Å²) in [5, 5.41) is 0. The average Bonchev–Trinajstić information content (AvgIpc) is 3.08. The molecule has 2 aromatic heterocycles. The molecular formula is C22H27N5O4. The van der Waals surface area contributed by atoms with Gasteiger partial charge in [0, 0.05) is 25.8 Å². The Hall–Kier alpha value is -3.36. The van der Waals surface area contributed by atoms with Gasteiger partial charge < -0.3 is 14.2 Å². The van der Waals surface area contributed by atoms with Crippen LogP contribution in [0.25, 0.3) is 11.2 Å². The highest BCUT2D eigenvalue weighted by molar-refractivity contribution is 5.78. The first-order valence-electron chi connectivity index (χ1n) is 10.4. The summed E-state index contributed by atoms with van der Waals surface area (Å²) < 4.78 is 9.06. The van der Waals surface area contributed by atoms with E-state index in [1.54, 1.807) is 14.0 Å². The maximum atomic E-state index is 13.3. The fourth-order valence-electron chi connectivity index (χ4n) is 4.30. The third kappa shape index (κ3) is 3.54. The number of carbonyl (C=O) groups excluding carboxylic acids is 1. The van der Waals surface area contributed by atoms with Crippen molar-refractivity contribution < 1.29 is 9.53 Å². The third-order valence-corrected chi connectivity index (χ3v) is 5.55. The Morgan fingerprint density at radius 3 is 2.48 bits per heavy atom. The van der Waals surface area contributed by atoms with Crippen molar-refractivity contribution in [2.45, 2.75) is 40.8 Å². The van der Waals surface area contributed by atoms with E-state index in [0.717, 1.165) is 27.9 Å². The van der Waals surface area contributed by atoms with Crippen LogP contribution in [0.5, 0.6) is 0 Å². The van der Waals surface area contributed by atoms with Crippen molar-refractivity contribution in [2.75, 3.05) is 18.1 Å². The first-order chi connectivity index (χ1) is 14.7. The molecule has 1 atom stereocenters. The van der Waals surface area contributed by atoms with Gasteiger partial charge in [-0.25, -0.2) is 9.36 Å². The molecule has 0 fully saturated rings. The fraction of sp³-hybridized carbons (Fsp3) is 0.455. The normalized spacial score (nSPS) is 15.9. The standard InChI is InChI=1S/C22H27N5O4/c1-6-31-17(28)12-27-20(29)18-19(24(5)22(27)30)23-21-25(10-15(4)11-26(18)21)16-8-13(2)7-14(3)9-16/h7-9,15H,6,10-12H2,1-5H3/t15-/m0/s1. The van der Waals surface area contributed by atoms with Crippen molar-refractivity contribution in [3.8, 4) is 0 Å². The van der Waals surface area contributed by atoms with Gasteiger partial charge in [-0.2, -0.15) is 4.98 Å². The number of aromatic nitrogens is 4. The molecular weight excluding hydrogens is 398 g/mol. The lowest BCUT2D eigenvalue weighted by molar-refractivity contribution is -0.143. The molecule has 0 unspecified atom stereocenters. The molecule has 0 amide bonds. The molecule has 0 aliphatic carbocycles. The van der Waals surface area contributed by atoms with Crippen LogP contribution in [0.2, 0.25) is 0 Å². The minimum Gasteiger partial charge on any atom is -0.465 e. The van der Waals surface area contributed by atoms with Crippen molar-refractivity contribution >= 4 is 28.8 Å². The highest BCUT2D eigenvalue weighted by Crippen LogP contribution is 2.33. The second-order valence-electron chi connectivity index (χ2n) is 8.29. The van der Waals surface area contributed by atoms with Crippen molar-refractivity contribution in [3.63, 3.8) is 0 Å². The third-order valence-electron chi connectivity index (χ3n) is 5.55. The quantitative estimate of drug-likeness (QED) is 0.593. The molecule has 0 N–H and O–H groups in total. The lowest BCUT2D eigenvalue weighted by Gasteiger charge is -2.33. The molecule has 0 bridgehead atoms. The van der Waals surface area contributed by atoms with Crippen LogP contribution in [0, 0.1) is 19.8 Å². The molecule has 0 spiro atoms. The smallest absolute Gasteiger partial charge is 0.333 e. The number of aryl methyl sites for hydroxylation is 3. The Morgan fingerprint density at radius 2 is 1.84 bits per heavy atom. The highest BCUT2D eigenvalue weighted by atomic mass is 16.5. The Kier molecular flexibility index (Phi) is 5.20. The molecule has 3 aromatic rings. The minimum atomic E-state index is -0.621. The number of benzene rings is 1. The Balaban J connectivity index is 1.95. The number of nitrogens with zero attached hydrogens (tertiary/aromatic N) is 5. The summed E-state index contributed by atoms with van der Waals surface area (Å²) in [5.41, 5.74) is 2.79. The number of hydrogen-bond donors (Lipinski definition) is 0. The average molecular weight is 425 g/mol. The van der Waals surface area contributed by atoms with E-state index in [-0.39, 0.29) is 12.5 Å². The van der Waals surface area contributed by atoms with Crippen molar-refractivity contribution in [2.24, 2.45) is 13.0 Å². The van der Waals surface area contributed by atoms with Crippen molar-refractivity contribution in [1.29, 1.82) is 0 Å². The second-order valence-corrected chi connectivity index (χ2v) is 8.29. The van der Waals surface area contributed by atoms with Gasteiger partial charge >= 0.3 is 11.7 Å². The Labute approximate surface area is 179 Å². The largest absolute Gasteiger partial charge is 0.465 e. The summed E-state index contributed by atoms with van der Waals surface area (Å²) in [4.78, 5) is 44.9. The van der Waals surface area contributed by atoms with Crippen LogP contribution in [-0.4, -0.2) is 37.8 Å². The number of anilines is 2. The zero-order valence-corrected chi connectivity index (χ0v) is 18.5. The molecule has 0 saturated carbocycles. The van der Waals surface area contributed by atoms with Crippen LogP contribution in [-0.2, 0) is 29.7 Å². The van der Waals surface area contributed by atoms with Crippen LogP contribution in [0.1, 0.15) is 25.0 Å². The topological polar surface area (TPSA) is 91.4 Å². The molecule has 1 aliphatic rings. The van der Waals surface area contributed by atoms with Gasteiger partial charge in [0.25, 0.3) is 5.56 Å². The van der Waals surface area contributed by atoms with E-state index >= 15 is 0 Å². The van der Waals surface area contributed by atoms with E-state index in [0.29, 0.717) is 23.7 Å². The highest BCUT2D eigenvalue weighted by Gasteiger charge is 2.30. The van der Waals surface area contributed by atoms with Gasteiger partial charge in [0.15, 0.2) is 11.2 Å². The van der Waals surface area contributed by atoms with Crippen molar-refractivity contribution in [1.82, 2.24) is 18.7 Å². The van der Waals surface area contributed by atoms with E-state index < -0.39 is 23.8 Å². The monoisotopic (exact) mass is 425 g/mol. The molecule has 4 rings (SSSR count). The fourth-order valence-corrected chi connectivity index (χ4v) is 4.30. The van der Waals surface area contributed by atoms with Gasteiger partial charge in [-0.15, -0.1) is 0 Å². The molecule has 31 heavy (non-hydrogen) atoms. The first-order valence-corrected chi connectivity index (χ1v) is 10.4. The van der Waals surface area contributed by atoms with Gasteiger partial charge in [0.05, 0.1) is 6.61 Å². The molecule has 0 saturated heterocycles. The second kappa shape index (κ2) is 7.72. The number of rotatable bonds is 4. The predicted octanol–water partition coefficient (Wildman–Crippen LogP) is 1.86. The molecule has 9 nitrogen and oxygen atoms in total. The predicted molar refractivity (Wildman–Crippen MR) is 118 cm³/mol. The van der Waals surface area contributed by atoms with E-state index in [2.05, 4.69) is 30.0 Å². The number of carbonyl (C=O) groups is 1. The van der Waals surface area contributed by atoms with Crippen LogP contribution in [0.3, 0.4) is 0 Å². The maximum absolute atomic E-state index is 13.3. The Morgan fingerprint density at radius 1 is 1.16 bits per heavy atom. The SMILES string of the molecule is CCOC(=O)Cn1c(=O)c2c(nc3n2C[C@@H](C)CN3c2cc(C)cc(C)c2)n(C)c1=O. The molecule has 164 valence electrons. The van der Waals surface area contributed by atoms with Crippen LogP contribution in [0.4, 0.5) is 11.6 Å². The first kappa shape index (κ1) is 20.9. The van der Waals surface area contributed by atoms with Gasteiger partial charge in [-0.05, 0) is 49.9 Å². The Bertz CT molecular complexity index is 1280. The number of fused-ring (bicyclic) bond motifs is 3. The van der Waals surface area contributed by atoms with Crippen LogP contribution < -0.4 is 16.1 Å².